The first-order valence-corrected chi connectivity index (χ1v) is 8.60. The van der Waals surface area contributed by atoms with Crippen molar-refractivity contribution in [1.82, 2.24) is 0 Å². The Morgan fingerprint density at radius 1 is 1.12 bits per heavy atom. The second kappa shape index (κ2) is 8.17. The maximum atomic E-state index is 12.4. The van der Waals surface area contributed by atoms with Crippen LogP contribution in [-0.2, 0) is 9.59 Å². The number of benzene rings is 2. The summed E-state index contributed by atoms with van der Waals surface area (Å²) in [5.41, 5.74) is 3.33. The molecule has 0 aliphatic heterocycles. The first kappa shape index (κ1) is 19.0. The highest BCUT2D eigenvalue weighted by Gasteiger charge is 2.18. The standard InChI is InChI=1S/C20H23ClN2O2/c1-13(2)16-8-10-17(11-9-16)22-20(25)12-23(15(4)24)19-7-5-6-18(21)14(19)3/h5-11,13H,12H2,1-4H3,(H,22,25). The number of nitrogens with one attached hydrogen (secondary N) is 1. The third-order valence-electron chi connectivity index (χ3n) is 4.07. The molecule has 0 aliphatic rings. The van der Waals surface area contributed by atoms with E-state index in [1.54, 1.807) is 18.2 Å². The van der Waals surface area contributed by atoms with Gasteiger partial charge in [0.2, 0.25) is 11.8 Å². The van der Waals surface area contributed by atoms with Crippen LogP contribution in [-0.4, -0.2) is 18.4 Å². The predicted molar refractivity (Wildman–Crippen MR) is 103 cm³/mol. The molecule has 2 amide bonds. The number of anilines is 2. The molecule has 0 heterocycles. The van der Waals surface area contributed by atoms with E-state index in [0.29, 0.717) is 22.3 Å². The third kappa shape index (κ3) is 4.83. The van der Waals surface area contributed by atoms with Crippen molar-refractivity contribution in [2.45, 2.75) is 33.6 Å². The predicted octanol–water partition coefficient (Wildman–Crippen LogP) is 4.76. The number of halogens is 1. The molecule has 0 saturated heterocycles. The average molecular weight is 359 g/mol. The summed E-state index contributed by atoms with van der Waals surface area (Å²) in [5.74, 6) is -0.0358. The van der Waals surface area contributed by atoms with Crippen LogP contribution in [0.2, 0.25) is 5.02 Å². The second-order valence-electron chi connectivity index (χ2n) is 6.31. The number of nitrogens with zero attached hydrogens (tertiary/aromatic N) is 1. The van der Waals surface area contributed by atoms with E-state index in [0.717, 1.165) is 5.56 Å². The first-order valence-electron chi connectivity index (χ1n) is 8.22. The number of hydrogen-bond donors (Lipinski definition) is 1. The maximum Gasteiger partial charge on any atom is 0.244 e. The monoisotopic (exact) mass is 358 g/mol. The van der Waals surface area contributed by atoms with Gasteiger partial charge in [0.15, 0.2) is 0 Å². The summed E-state index contributed by atoms with van der Waals surface area (Å²) in [4.78, 5) is 25.8. The van der Waals surface area contributed by atoms with Gasteiger partial charge < -0.3 is 10.2 Å². The minimum atomic E-state index is -0.258. The van der Waals surface area contributed by atoms with Gasteiger partial charge in [-0.15, -0.1) is 0 Å². The van der Waals surface area contributed by atoms with Crippen molar-refractivity contribution in [2.75, 3.05) is 16.8 Å². The lowest BCUT2D eigenvalue weighted by molar-refractivity contribution is -0.120. The Morgan fingerprint density at radius 3 is 2.32 bits per heavy atom. The summed E-state index contributed by atoms with van der Waals surface area (Å²) in [6, 6.07) is 13.0. The van der Waals surface area contributed by atoms with Gasteiger partial charge in [-0.05, 0) is 48.2 Å². The number of amides is 2. The fourth-order valence-corrected chi connectivity index (χ4v) is 2.72. The molecule has 0 aliphatic carbocycles. The van der Waals surface area contributed by atoms with E-state index in [1.165, 1.54) is 17.4 Å². The van der Waals surface area contributed by atoms with E-state index in [-0.39, 0.29) is 18.4 Å². The van der Waals surface area contributed by atoms with E-state index in [4.69, 9.17) is 11.6 Å². The number of carbonyl (C=O) groups excluding carboxylic acids is 2. The molecule has 2 rings (SSSR count). The van der Waals surface area contributed by atoms with E-state index < -0.39 is 0 Å². The van der Waals surface area contributed by atoms with Gasteiger partial charge in [-0.1, -0.05) is 43.6 Å². The minimum Gasteiger partial charge on any atom is -0.325 e. The Kier molecular flexibility index (Phi) is 6.21. The van der Waals surface area contributed by atoms with Gasteiger partial charge in [-0.2, -0.15) is 0 Å². The lowest BCUT2D eigenvalue weighted by Crippen LogP contribution is -2.37. The fourth-order valence-electron chi connectivity index (χ4n) is 2.55. The topological polar surface area (TPSA) is 49.4 Å². The summed E-state index contributed by atoms with van der Waals surface area (Å²) in [6.45, 7) is 7.43. The maximum absolute atomic E-state index is 12.4. The Bertz CT molecular complexity index is 770. The molecule has 0 saturated carbocycles. The highest BCUT2D eigenvalue weighted by molar-refractivity contribution is 6.31. The van der Waals surface area contributed by atoms with Crippen LogP contribution in [0.4, 0.5) is 11.4 Å². The molecule has 5 heteroatoms. The second-order valence-corrected chi connectivity index (χ2v) is 6.72. The molecule has 0 bridgehead atoms. The van der Waals surface area contributed by atoms with Crippen LogP contribution >= 0.6 is 11.6 Å². The molecule has 25 heavy (non-hydrogen) atoms. The molecular formula is C20H23ClN2O2. The normalized spacial score (nSPS) is 10.6. The van der Waals surface area contributed by atoms with Crippen LogP contribution in [0.1, 0.15) is 37.8 Å². The zero-order valence-electron chi connectivity index (χ0n) is 15.0. The van der Waals surface area contributed by atoms with Gasteiger partial charge in [0.25, 0.3) is 0 Å². The van der Waals surface area contributed by atoms with Crippen LogP contribution in [0.25, 0.3) is 0 Å². The lowest BCUT2D eigenvalue weighted by atomic mass is 10.0. The molecular weight excluding hydrogens is 336 g/mol. The Balaban J connectivity index is 2.13. The van der Waals surface area contributed by atoms with Crippen molar-refractivity contribution in [3.8, 4) is 0 Å². The molecule has 2 aromatic carbocycles. The quantitative estimate of drug-likeness (QED) is 0.837. The summed E-state index contributed by atoms with van der Waals surface area (Å²) in [7, 11) is 0. The Morgan fingerprint density at radius 2 is 1.76 bits per heavy atom. The van der Waals surface area contributed by atoms with E-state index in [1.807, 2.05) is 31.2 Å². The van der Waals surface area contributed by atoms with Gasteiger partial charge in [0, 0.05) is 23.3 Å². The SMILES string of the molecule is CC(=O)N(CC(=O)Nc1ccc(C(C)C)cc1)c1cccc(Cl)c1C. The van der Waals surface area contributed by atoms with Crippen molar-refractivity contribution in [1.29, 1.82) is 0 Å². The lowest BCUT2D eigenvalue weighted by Gasteiger charge is -2.23. The molecule has 0 unspecified atom stereocenters. The Hall–Kier alpha value is -2.33. The van der Waals surface area contributed by atoms with Crippen molar-refractivity contribution < 1.29 is 9.59 Å². The van der Waals surface area contributed by atoms with E-state index in [9.17, 15) is 9.59 Å². The summed E-state index contributed by atoms with van der Waals surface area (Å²) >= 11 is 6.13. The molecule has 0 atom stereocenters. The molecule has 0 aromatic heterocycles. The summed E-state index contributed by atoms with van der Waals surface area (Å²) in [6.07, 6.45) is 0. The molecule has 2 aromatic rings. The Labute approximate surface area is 153 Å². The molecule has 4 nitrogen and oxygen atoms in total. The van der Waals surface area contributed by atoms with Crippen LogP contribution in [0.5, 0.6) is 0 Å². The fraction of sp³-hybridized carbons (Fsp3) is 0.300. The zero-order valence-corrected chi connectivity index (χ0v) is 15.7. The summed E-state index contributed by atoms with van der Waals surface area (Å²) in [5, 5.41) is 3.39. The van der Waals surface area contributed by atoms with Crippen LogP contribution < -0.4 is 10.2 Å². The number of carbonyl (C=O) groups is 2. The minimum absolute atomic E-state index is 0.0670. The van der Waals surface area contributed by atoms with Crippen LogP contribution in [0, 0.1) is 6.92 Å². The summed E-state index contributed by atoms with van der Waals surface area (Å²) < 4.78 is 0. The van der Waals surface area contributed by atoms with Gasteiger partial charge in [0.05, 0.1) is 0 Å². The first-order chi connectivity index (χ1) is 11.8. The van der Waals surface area contributed by atoms with Gasteiger partial charge >= 0.3 is 0 Å². The average Bonchev–Trinajstić information content (AvgIpc) is 2.56. The molecule has 132 valence electrons. The largest absolute Gasteiger partial charge is 0.325 e. The molecule has 0 radical (unpaired) electrons. The molecule has 1 N–H and O–H groups in total. The van der Waals surface area contributed by atoms with E-state index >= 15 is 0 Å². The smallest absolute Gasteiger partial charge is 0.244 e. The number of rotatable bonds is 5. The molecule has 0 fully saturated rings. The number of hydrogen-bond acceptors (Lipinski definition) is 2. The van der Waals surface area contributed by atoms with Crippen molar-refractivity contribution in [3.05, 3.63) is 58.6 Å². The molecule has 0 spiro atoms. The third-order valence-corrected chi connectivity index (χ3v) is 4.48. The zero-order chi connectivity index (χ0) is 18.6. The van der Waals surface area contributed by atoms with Crippen molar-refractivity contribution >= 4 is 34.8 Å². The van der Waals surface area contributed by atoms with Gasteiger partial charge in [-0.25, -0.2) is 0 Å². The van der Waals surface area contributed by atoms with Crippen LogP contribution in [0.15, 0.2) is 42.5 Å². The van der Waals surface area contributed by atoms with E-state index in [2.05, 4.69) is 19.2 Å². The van der Waals surface area contributed by atoms with Crippen LogP contribution in [0.3, 0.4) is 0 Å². The van der Waals surface area contributed by atoms with Crippen molar-refractivity contribution in [2.24, 2.45) is 0 Å². The van der Waals surface area contributed by atoms with Crippen molar-refractivity contribution in [3.63, 3.8) is 0 Å². The highest BCUT2D eigenvalue weighted by Crippen LogP contribution is 2.26. The highest BCUT2D eigenvalue weighted by atomic mass is 35.5. The van der Waals surface area contributed by atoms with Gasteiger partial charge in [-0.3, -0.25) is 9.59 Å². The van der Waals surface area contributed by atoms with Gasteiger partial charge in [0.1, 0.15) is 6.54 Å².